The van der Waals surface area contributed by atoms with Gasteiger partial charge in [0.1, 0.15) is 0 Å². The highest BCUT2D eigenvalue weighted by Gasteiger charge is 2.19. The van der Waals surface area contributed by atoms with E-state index in [0.29, 0.717) is 13.1 Å². The Hall–Kier alpha value is -2.79. The molecule has 2 N–H and O–H groups in total. The second-order valence-corrected chi connectivity index (χ2v) is 7.56. The van der Waals surface area contributed by atoms with Crippen LogP contribution < -0.4 is 10.2 Å². The maximum atomic E-state index is 12.3. The molecular weight excluding hydrogens is 348 g/mol. The normalized spacial score (nSPS) is 15.1. The molecule has 0 aliphatic carbocycles. The van der Waals surface area contributed by atoms with Crippen LogP contribution in [-0.2, 0) is 11.2 Å². The van der Waals surface area contributed by atoms with Crippen molar-refractivity contribution < 1.29 is 4.79 Å². The summed E-state index contributed by atoms with van der Waals surface area (Å²) in [5.74, 6) is 0.115. The summed E-state index contributed by atoms with van der Waals surface area (Å²) in [6.07, 6.45) is 2.89. The molecule has 1 amide bonds. The first-order valence-electron chi connectivity index (χ1n) is 10.0. The van der Waals surface area contributed by atoms with Crippen molar-refractivity contribution in [2.24, 2.45) is 0 Å². The van der Waals surface area contributed by atoms with Gasteiger partial charge in [-0.05, 0) is 42.7 Å². The number of hydrogen-bond donors (Lipinski definition) is 2. The number of H-pyrrole nitrogens is 1. The Morgan fingerprint density at radius 3 is 2.71 bits per heavy atom. The Labute approximate surface area is 166 Å². The lowest BCUT2D eigenvalue weighted by molar-refractivity contribution is -0.122. The molecule has 28 heavy (non-hydrogen) atoms. The van der Waals surface area contributed by atoms with E-state index in [0.717, 1.165) is 38.1 Å². The molecule has 1 aromatic heterocycles. The maximum Gasteiger partial charge on any atom is 0.234 e. The molecule has 5 nitrogen and oxygen atoms in total. The number of aromatic nitrogens is 1. The number of carbonyl (C=O) groups excluding carboxylic acids is 1. The summed E-state index contributed by atoms with van der Waals surface area (Å²) in [6.45, 7) is 7.05. The zero-order valence-corrected chi connectivity index (χ0v) is 16.4. The third kappa shape index (κ3) is 4.37. The van der Waals surface area contributed by atoms with E-state index in [-0.39, 0.29) is 5.91 Å². The van der Waals surface area contributed by atoms with Gasteiger partial charge in [0, 0.05) is 55.5 Å². The summed E-state index contributed by atoms with van der Waals surface area (Å²) in [5.41, 5.74) is 4.97. The average molecular weight is 377 g/mol. The number of benzene rings is 2. The molecule has 146 valence electrons. The molecule has 4 rings (SSSR count). The lowest BCUT2D eigenvalue weighted by atomic mass is 10.1. The van der Waals surface area contributed by atoms with Crippen molar-refractivity contribution in [3.63, 3.8) is 0 Å². The van der Waals surface area contributed by atoms with Gasteiger partial charge in [0.15, 0.2) is 0 Å². The first-order chi connectivity index (χ1) is 13.7. The quantitative estimate of drug-likeness (QED) is 0.695. The van der Waals surface area contributed by atoms with Crippen LogP contribution in [0.5, 0.6) is 0 Å². The summed E-state index contributed by atoms with van der Waals surface area (Å²) in [4.78, 5) is 20.3. The molecule has 0 saturated carbocycles. The number of aryl methyl sites for hydroxylation is 1. The van der Waals surface area contributed by atoms with Gasteiger partial charge in [-0.1, -0.05) is 30.3 Å². The molecule has 1 fully saturated rings. The van der Waals surface area contributed by atoms with E-state index < -0.39 is 0 Å². The van der Waals surface area contributed by atoms with E-state index in [4.69, 9.17) is 0 Å². The molecule has 0 radical (unpaired) electrons. The van der Waals surface area contributed by atoms with E-state index in [2.05, 4.69) is 69.5 Å². The molecule has 3 aromatic rings. The number of hydrogen-bond acceptors (Lipinski definition) is 3. The van der Waals surface area contributed by atoms with Gasteiger partial charge in [-0.15, -0.1) is 0 Å². The first kappa shape index (κ1) is 18.6. The Morgan fingerprint density at radius 1 is 1.07 bits per heavy atom. The lowest BCUT2D eigenvalue weighted by Crippen LogP contribution is -2.49. The smallest absolute Gasteiger partial charge is 0.234 e. The second-order valence-electron chi connectivity index (χ2n) is 7.56. The van der Waals surface area contributed by atoms with Crippen LogP contribution in [-0.4, -0.2) is 55.1 Å². The van der Waals surface area contributed by atoms with Gasteiger partial charge in [0.05, 0.1) is 6.54 Å². The fourth-order valence-corrected chi connectivity index (χ4v) is 3.92. The first-order valence-corrected chi connectivity index (χ1v) is 10.0. The molecule has 0 spiro atoms. The molecular formula is C23H28N4O. The molecule has 5 heteroatoms. The lowest BCUT2D eigenvalue weighted by Gasteiger charge is -2.35. The summed E-state index contributed by atoms with van der Waals surface area (Å²) in [6, 6.07) is 16.9. The van der Waals surface area contributed by atoms with Crippen LogP contribution in [0.1, 0.15) is 11.1 Å². The van der Waals surface area contributed by atoms with Gasteiger partial charge in [-0.25, -0.2) is 0 Å². The largest absolute Gasteiger partial charge is 0.369 e. The average Bonchev–Trinajstić information content (AvgIpc) is 3.12. The van der Waals surface area contributed by atoms with Gasteiger partial charge in [0.2, 0.25) is 5.91 Å². The maximum absolute atomic E-state index is 12.3. The minimum absolute atomic E-state index is 0.115. The number of carbonyl (C=O) groups is 1. The zero-order chi connectivity index (χ0) is 19.3. The SMILES string of the molecule is Cc1cccc(N2CCN(CC(=O)NCCc3c[nH]c4ccccc34)CC2)c1. The molecule has 1 aliphatic rings. The van der Waals surface area contributed by atoms with E-state index in [1.54, 1.807) is 0 Å². The van der Waals surface area contributed by atoms with Crippen LogP contribution in [0, 0.1) is 6.92 Å². The standard InChI is InChI=1S/C23H28N4O/c1-18-5-4-6-20(15-18)27-13-11-26(12-14-27)17-23(28)24-10-9-19-16-25-22-8-3-2-7-21(19)22/h2-8,15-16,25H,9-14,17H2,1H3,(H,24,28). The highest BCUT2D eigenvalue weighted by molar-refractivity contribution is 5.83. The monoisotopic (exact) mass is 376 g/mol. The van der Waals surface area contributed by atoms with Crippen LogP contribution in [0.2, 0.25) is 0 Å². The molecule has 0 bridgehead atoms. The zero-order valence-electron chi connectivity index (χ0n) is 16.4. The van der Waals surface area contributed by atoms with E-state index in [9.17, 15) is 4.79 Å². The van der Waals surface area contributed by atoms with Crippen LogP contribution in [0.4, 0.5) is 5.69 Å². The number of piperazine rings is 1. The summed E-state index contributed by atoms with van der Waals surface area (Å²) in [5, 5.41) is 4.32. The van der Waals surface area contributed by atoms with Crippen LogP contribution in [0.15, 0.2) is 54.7 Å². The minimum Gasteiger partial charge on any atom is -0.369 e. The summed E-state index contributed by atoms with van der Waals surface area (Å²) < 4.78 is 0. The number of aromatic amines is 1. The fraction of sp³-hybridized carbons (Fsp3) is 0.348. The Kier molecular flexibility index (Phi) is 5.63. The third-order valence-electron chi connectivity index (χ3n) is 5.50. The van der Waals surface area contributed by atoms with Crippen molar-refractivity contribution in [3.05, 3.63) is 65.9 Å². The van der Waals surface area contributed by atoms with Crippen LogP contribution in [0.3, 0.4) is 0 Å². The third-order valence-corrected chi connectivity index (χ3v) is 5.50. The Bertz CT molecular complexity index is 940. The molecule has 2 aromatic carbocycles. The van der Waals surface area contributed by atoms with E-state index in [1.807, 2.05) is 12.3 Å². The van der Waals surface area contributed by atoms with Crippen molar-refractivity contribution in [2.75, 3.05) is 44.2 Å². The van der Waals surface area contributed by atoms with E-state index in [1.165, 1.54) is 22.2 Å². The predicted octanol–water partition coefficient (Wildman–Crippen LogP) is 2.96. The number of nitrogens with zero attached hydrogens (tertiary/aromatic N) is 2. The van der Waals surface area contributed by atoms with Crippen molar-refractivity contribution in [2.45, 2.75) is 13.3 Å². The number of amides is 1. The highest BCUT2D eigenvalue weighted by Crippen LogP contribution is 2.18. The van der Waals surface area contributed by atoms with E-state index >= 15 is 0 Å². The van der Waals surface area contributed by atoms with Gasteiger partial charge in [-0.2, -0.15) is 0 Å². The number of anilines is 1. The highest BCUT2D eigenvalue weighted by atomic mass is 16.2. The summed E-state index contributed by atoms with van der Waals surface area (Å²) in [7, 11) is 0. The topological polar surface area (TPSA) is 51.4 Å². The second kappa shape index (κ2) is 8.48. The van der Waals surface area contributed by atoms with Crippen molar-refractivity contribution >= 4 is 22.5 Å². The van der Waals surface area contributed by atoms with Crippen molar-refractivity contribution in [1.82, 2.24) is 15.2 Å². The Morgan fingerprint density at radius 2 is 1.89 bits per heavy atom. The number of para-hydroxylation sites is 1. The number of rotatable bonds is 6. The molecule has 0 atom stereocenters. The molecule has 2 heterocycles. The molecule has 1 aliphatic heterocycles. The van der Waals surface area contributed by atoms with Crippen molar-refractivity contribution in [3.8, 4) is 0 Å². The minimum atomic E-state index is 0.115. The van der Waals surface area contributed by atoms with Crippen LogP contribution in [0.25, 0.3) is 10.9 Å². The molecule has 0 unspecified atom stereocenters. The van der Waals surface area contributed by atoms with Gasteiger partial charge >= 0.3 is 0 Å². The van der Waals surface area contributed by atoms with Crippen molar-refractivity contribution in [1.29, 1.82) is 0 Å². The van der Waals surface area contributed by atoms with Crippen LogP contribution >= 0.6 is 0 Å². The van der Waals surface area contributed by atoms with Gasteiger partial charge in [-0.3, -0.25) is 9.69 Å². The van der Waals surface area contributed by atoms with Gasteiger partial charge < -0.3 is 15.2 Å². The Balaban J connectivity index is 1.21. The molecule has 1 saturated heterocycles. The van der Waals surface area contributed by atoms with Gasteiger partial charge in [0.25, 0.3) is 0 Å². The summed E-state index contributed by atoms with van der Waals surface area (Å²) >= 11 is 0. The number of fused-ring (bicyclic) bond motifs is 1. The predicted molar refractivity (Wildman–Crippen MR) is 115 cm³/mol. The number of nitrogens with one attached hydrogen (secondary N) is 2. The fourth-order valence-electron chi connectivity index (χ4n) is 3.92.